The molecule has 1 saturated heterocycles. The molecule has 1 aliphatic rings. The second kappa shape index (κ2) is 8.10. The first kappa shape index (κ1) is 20.0. The van der Waals surface area contributed by atoms with Crippen molar-refractivity contribution in [2.75, 3.05) is 18.8 Å². The Balaban J connectivity index is 1.76. The largest absolute Gasteiger partial charge is 0.385 e. The van der Waals surface area contributed by atoms with Crippen LogP contribution in [0.25, 0.3) is 0 Å². The van der Waals surface area contributed by atoms with Gasteiger partial charge >= 0.3 is 0 Å². The van der Waals surface area contributed by atoms with Crippen LogP contribution in [0.15, 0.2) is 46.8 Å². The summed E-state index contributed by atoms with van der Waals surface area (Å²) in [6, 6.07) is 11.2. The Hall–Kier alpha value is -1.74. The highest BCUT2D eigenvalue weighted by atomic mass is 32.2. The number of nitrogens with two attached hydrogens (primary N) is 1. The van der Waals surface area contributed by atoms with Gasteiger partial charge in [0.2, 0.25) is 10.0 Å². The molecule has 27 heavy (non-hydrogen) atoms. The first-order valence-corrected chi connectivity index (χ1v) is 11.5. The van der Waals surface area contributed by atoms with Gasteiger partial charge in [-0.2, -0.15) is 0 Å². The minimum atomic E-state index is -3.23. The van der Waals surface area contributed by atoms with Crippen LogP contribution in [0.3, 0.4) is 0 Å². The number of amidine groups is 1. The highest BCUT2D eigenvalue weighted by Gasteiger charge is 2.37. The number of piperidine rings is 1. The fourth-order valence-corrected chi connectivity index (χ4v) is 5.43. The molecule has 8 heteroatoms. The van der Waals surface area contributed by atoms with Gasteiger partial charge in [0, 0.05) is 13.1 Å². The molecule has 0 bridgehead atoms. The van der Waals surface area contributed by atoms with E-state index in [0.29, 0.717) is 43.9 Å². The summed E-state index contributed by atoms with van der Waals surface area (Å²) in [5.41, 5.74) is 6.42. The average Bonchev–Trinajstić information content (AvgIpc) is 3.17. The molecule has 0 unspecified atom stereocenters. The Bertz CT molecular complexity index is 900. The molecule has 0 saturated carbocycles. The number of aliphatic imine (C=N–C) groups is 1. The quantitative estimate of drug-likeness (QED) is 0.568. The van der Waals surface area contributed by atoms with Crippen molar-refractivity contribution in [3.63, 3.8) is 0 Å². The molecule has 1 aliphatic heterocycles. The maximum Gasteiger partial charge on any atom is 0.214 e. The third-order valence-corrected chi connectivity index (χ3v) is 7.78. The van der Waals surface area contributed by atoms with E-state index >= 15 is 0 Å². The molecular weight excluding hydrogens is 382 g/mol. The van der Waals surface area contributed by atoms with Crippen molar-refractivity contribution in [3.05, 3.63) is 52.2 Å². The number of rotatable bonds is 6. The summed E-state index contributed by atoms with van der Waals surface area (Å²) in [5.74, 6) is 0.590. The first-order valence-electron chi connectivity index (χ1n) is 9.03. The van der Waals surface area contributed by atoms with Crippen LogP contribution in [-0.2, 0) is 15.6 Å². The van der Waals surface area contributed by atoms with Crippen LogP contribution in [0.4, 0.5) is 5.69 Å². The van der Waals surface area contributed by atoms with Crippen LogP contribution >= 0.6 is 11.3 Å². The van der Waals surface area contributed by atoms with E-state index in [9.17, 15) is 13.5 Å². The van der Waals surface area contributed by atoms with Gasteiger partial charge in [-0.3, -0.25) is 0 Å². The predicted molar refractivity (Wildman–Crippen MR) is 110 cm³/mol. The highest BCUT2D eigenvalue weighted by Crippen LogP contribution is 2.35. The Morgan fingerprint density at radius 1 is 1.30 bits per heavy atom. The summed E-state index contributed by atoms with van der Waals surface area (Å²) in [6.07, 6.45) is 1.32. The van der Waals surface area contributed by atoms with Crippen LogP contribution in [0, 0.1) is 0 Å². The molecule has 0 aliphatic carbocycles. The fourth-order valence-electron chi connectivity index (χ4n) is 3.29. The van der Waals surface area contributed by atoms with E-state index in [1.807, 2.05) is 48.7 Å². The minimum absolute atomic E-state index is 0.150. The number of hydrogen-bond acceptors (Lipinski definition) is 5. The molecule has 0 radical (unpaired) electrons. The maximum atomic E-state index is 12.2. The second-order valence-electron chi connectivity index (χ2n) is 6.77. The lowest BCUT2D eigenvalue weighted by atomic mass is 9.85. The van der Waals surface area contributed by atoms with E-state index < -0.39 is 15.6 Å². The Morgan fingerprint density at radius 2 is 2.04 bits per heavy atom. The first-order chi connectivity index (χ1) is 12.8. The summed E-state index contributed by atoms with van der Waals surface area (Å²) in [4.78, 5) is 5.35. The van der Waals surface area contributed by atoms with Crippen LogP contribution in [0.1, 0.15) is 36.6 Å². The SMILES string of the molecule is CCCS(=O)(=O)N1CCC(O)(c2cccc(N=C(N)c3cccs3)c2)CC1. The highest BCUT2D eigenvalue weighted by molar-refractivity contribution is 7.89. The molecule has 1 aromatic heterocycles. The number of benzene rings is 1. The normalized spacial score (nSPS) is 18.5. The van der Waals surface area contributed by atoms with E-state index in [0.717, 1.165) is 10.4 Å². The summed E-state index contributed by atoms with van der Waals surface area (Å²) < 4.78 is 26.0. The molecule has 0 amide bonds. The van der Waals surface area contributed by atoms with Gasteiger partial charge < -0.3 is 10.8 Å². The average molecular weight is 408 g/mol. The lowest BCUT2D eigenvalue weighted by Crippen LogP contribution is -2.45. The second-order valence-corrected chi connectivity index (χ2v) is 9.81. The topological polar surface area (TPSA) is 96.0 Å². The summed E-state index contributed by atoms with van der Waals surface area (Å²) in [6.45, 7) is 2.50. The Labute approximate surface area is 164 Å². The molecule has 3 rings (SSSR count). The molecule has 146 valence electrons. The molecule has 1 fully saturated rings. The molecule has 2 heterocycles. The number of aliphatic hydroxyl groups is 1. The van der Waals surface area contributed by atoms with Crippen LogP contribution in [0.5, 0.6) is 0 Å². The number of nitrogens with zero attached hydrogens (tertiary/aromatic N) is 2. The smallest absolute Gasteiger partial charge is 0.214 e. The third kappa shape index (κ3) is 4.57. The van der Waals surface area contributed by atoms with Gasteiger partial charge in [-0.25, -0.2) is 17.7 Å². The van der Waals surface area contributed by atoms with Crippen LogP contribution < -0.4 is 5.73 Å². The van der Waals surface area contributed by atoms with Crippen LogP contribution in [-0.4, -0.2) is 42.5 Å². The van der Waals surface area contributed by atoms with Gasteiger partial charge in [-0.15, -0.1) is 11.3 Å². The minimum Gasteiger partial charge on any atom is -0.385 e. The predicted octanol–water partition coefficient (Wildman–Crippen LogP) is 2.81. The Morgan fingerprint density at radius 3 is 2.67 bits per heavy atom. The van der Waals surface area contributed by atoms with Gasteiger partial charge in [-0.1, -0.05) is 25.1 Å². The lowest BCUT2D eigenvalue weighted by molar-refractivity contribution is -0.00956. The maximum absolute atomic E-state index is 12.2. The van der Waals surface area contributed by atoms with Crippen molar-refractivity contribution in [3.8, 4) is 0 Å². The monoisotopic (exact) mass is 407 g/mol. The molecular formula is C19H25N3O3S2. The van der Waals surface area contributed by atoms with Crippen molar-refractivity contribution < 1.29 is 13.5 Å². The summed E-state index contributed by atoms with van der Waals surface area (Å²) in [7, 11) is -3.23. The van der Waals surface area contributed by atoms with Crippen molar-refractivity contribution >= 4 is 32.9 Å². The molecule has 0 atom stereocenters. The zero-order valence-electron chi connectivity index (χ0n) is 15.3. The molecule has 0 spiro atoms. The molecule has 3 N–H and O–H groups in total. The van der Waals surface area contributed by atoms with Gasteiger partial charge in [0.25, 0.3) is 0 Å². The van der Waals surface area contributed by atoms with Crippen molar-refractivity contribution in [2.24, 2.45) is 10.7 Å². The Kier molecular flexibility index (Phi) is 6.00. The zero-order chi connectivity index (χ0) is 19.5. The van der Waals surface area contributed by atoms with Crippen molar-refractivity contribution in [1.29, 1.82) is 0 Å². The lowest BCUT2D eigenvalue weighted by Gasteiger charge is -2.38. The standard InChI is InChI=1S/C19H25N3O3S2/c1-2-13-27(24,25)22-10-8-19(23,9-11-22)15-5-3-6-16(14-15)21-18(20)17-7-4-12-26-17/h3-7,12,14,23H,2,8-11,13H2,1H3,(H2,20,21). The summed E-state index contributed by atoms with van der Waals surface area (Å²) >= 11 is 1.52. The van der Waals surface area contributed by atoms with Gasteiger partial charge in [0.1, 0.15) is 5.84 Å². The molecule has 2 aromatic rings. The molecule has 6 nitrogen and oxygen atoms in total. The van der Waals surface area contributed by atoms with Crippen LogP contribution in [0.2, 0.25) is 0 Å². The summed E-state index contributed by atoms with van der Waals surface area (Å²) in [5, 5.41) is 13.0. The van der Waals surface area contributed by atoms with E-state index in [1.54, 1.807) is 0 Å². The number of thiophene rings is 1. The third-order valence-electron chi connectivity index (χ3n) is 4.81. The van der Waals surface area contributed by atoms with Crippen molar-refractivity contribution in [2.45, 2.75) is 31.8 Å². The van der Waals surface area contributed by atoms with Crippen molar-refractivity contribution in [1.82, 2.24) is 4.31 Å². The van der Waals surface area contributed by atoms with Gasteiger partial charge in [0.05, 0.1) is 21.9 Å². The van der Waals surface area contributed by atoms with E-state index in [1.165, 1.54) is 15.6 Å². The van der Waals surface area contributed by atoms with E-state index in [-0.39, 0.29) is 5.75 Å². The zero-order valence-corrected chi connectivity index (χ0v) is 17.0. The molecule has 1 aromatic carbocycles. The van der Waals surface area contributed by atoms with Gasteiger partial charge in [0.15, 0.2) is 0 Å². The number of sulfonamides is 1. The van der Waals surface area contributed by atoms with E-state index in [4.69, 9.17) is 5.73 Å². The van der Waals surface area contributed by atoms with Gasteiger partial charge in [-0.05, 0) is 48.4 Å². The number of hydrogen-bond donors (Lipinski definition) is 2. The van der Waals surface area contributed by atoms with E-state index in [2.05, 4.69) is 4.99 Å². The fraction of sp³-hybridized carbons (Fsp3) is 0.421.